The topological polar surface area (TPSA) is 73.3 Å². The Hall–Kier alpha value is -3.71. The number of anilines is 1. The van der Waals surface area contributed by atoms with Crippen molar-refractivity contribution in [2.24, 2.45) is 0 Å². The number of pyridine rings is 1. The summed E-state index contributed by atoms with van der Waals surface area (Å²) in [5.74, 6) is 1.04. The predicted octanol–water partition coefficient (Wildman–Crippen LogP) is 5.45. The molecular formula is C24H21N3O3S. The van der Waals surface area contributed by atoms with Gasteiger partial charge in [-0.2, -0.15) is 0 Å². The minimum Gasteiger partial charge on any atom is -0.493 e. The van der Waals surface area contributed by atoms with Gasteiger partial charge in [0.1, 0.15) is 0 Å². The first kappa shape index (κ1) is 20.6. The highest BCUT2D eigenvalue weighted by Gasteiger charge is 2.15. The minimum atomic E-state index is -0.238. The number of thiazole rings is 1. The molecule has 4 aromatic rings. The molecule has 156 valence electrons. The van der Waals surface area contributed by atoms with Crippen LogP contribution in [-0.4, -0.2) is 30.1 Å². The summed E-state index contributed by atoms with van der Waals surface area (Å²) < 4.78 is 10.6. The first-order valence-corrected chi connectivity index (χ1v) is 10.5. The molecule has 0 saturated heterocycles. The summed E-state index contributed by atoms with van der Waals surface area (Å²) in [6, 6.07) is 19.1. The fraction of sp³-hybridized carbons (Fsp3) is 0.125. The average Bonchev–Trinajstić information content (AvgIpc) is 3.27. The highest BCUT2D eigenvalue weighted by Crippen LogP contribution is 2.33. The fourth-order valence-corrected chi connectivity index (χ4v) is 3.91. The Labute approximate surface area is 184 Å². The summed E-state index contributed by atoms with van der Waals surface area (Å²) in [6.45, 7) is 1.83. The van der Waals surface area contributed by atoms with Gasteiger partial charge in [0.15, 0.2) is 16.6 Å². The van der Waals surface area contributed by atoms with Gasteiger partial charge in [0.25, 0.3) is 5.91 Å². The molecule has 0 atom stereocenters. The molecule has 0 aliphatic heterocycles. The smallest absolute Gasteiger partial charge is 0.259 e. The molecule has 0 fully saturated rings. The maximum atomic E-state index is 12.8. The minimum absolute atomic E-state index is 0.238. The fourth-order valence-electron chi connectivity index (χ4n) is 3.19. The maximum absolute atomic E-state index is 12.8. The standard InChI is InChI=1S/C24H21N3O3S/c1-15-18(10-11-19(25-15)16-7-5-4-6-8-16)23(28)27-24-26-20(14-31-24)17-9-12-21(29-2)22(13-17)30-3/h4-14H,1-3H3,(H,26,27,28). The number of hydrogen-bond acceptors (Lipinski definition) is 6. The normalized spacial score (nSPS) is 10.5. The van der Waals surface area contributed by atoms with Crippen LogP contribution in [-0.2, 0) is 0 Å². The van der Waals surface area contributed by atoms with Crippen LogP contribution in [0.25, 0.3) is 22.5 Å². The van der Waals surface area contributed by atoms with E-state index >= 15 is 0 Å². The van der Waals surface area contributed by atoms with E-state index in [0.29, 0.717) is 27.9 Å². The van der Waals surface area contributed by atoms with Gasteiger partial charge in [0.05, 0.1) is 36.9 Å². The van der Waals surface area contributed by atoms with E-state index in [2.05, 4.69) is 15.3 Å². The van der Waals surface area contributed by atoms with Gasteiger partial charge in [-0.15, -0.1) is 11.3 Å². The Bertz CT molecular complexity index is 1220. The van der Waals surface area contributed by atoms with Gasteiger partial charge < -0.3 is 9.47 Å². The highest BCUT2D eigenvalue weighted by molar-refractivity contribution is 7.14. The molecule has 0 saturated carbocycles. The van der Waals surface area contributed by atoms with Crippen LogP contribution in [0.3, 0.4) is 0 Å². The molecule has 0 radical (unpaired) electrons. The number of aromatic nitrogens is 2. The zero-order chi connectivity index (χ0) is 21.8. The molecule has 0 unspecified atom stereocenters. The van der Waals surface area contributed by atoms with Crippen LogP contribution in [0.2, 0.25) is 0 Å². The lowest BCUT2D eigenvalue weighted by Crippen LogP contribution is -2.14. The first-order chi connectivity index (χ1) is 15.1. The van der Waals surface area contributed by atoms with Crippen molar-refractivity contribution < 1.29 is 14.3 Å². The molecule has 0 aliphatic carbocycles. The number of benzene rings is 2. The molecule has 7 heteroatoms. The number of ether oxygens (including phenoxy) is 2. The van der Waals surface area contributed by atoms with E-state index in [9.17, 15) is 4.79 Å². The number of rotatable bonds is 6. The monoisotopic (exact) mass is 431 g/mol. The van der Waals surface area contributed by atoms with Crippen molar-refractivity contribution in [3.8, 4) is 34.0 Å². The van der Waals surface area contributed by atoms with Gasteiger partial charge in [-0.1, -0.05) is 30.3 Å². The van der Waals surface area contributed by atoms with Crippen LogP contribution in [0.4, 0.5) is 5.13 Å². The molecule has 6 nitrogen and oxygen atoms in total. The van der Waals surface area contributed by atoms with Gasteiger partial charge in [-0.05, 0) is 37.3 Å². The van der Waals surface area contributed by atoms with Crippen molar-refractivity contribution in [3.63, 3.8) is 0 Å². The van der Waals surface area contributed by atoms with E-state index in [-0.39, 0.29) is 5.91 Å². The van der Waals surface area contributed by atoms with Crippen molar-refractivity contribution in [3.05, 3.63) is 77.3 Å². The number of aryl methyl sites for hydroxylation is 1. The summed E-state index contributed by atoms with van der Waals surface area (Å²) in [5, 5.41) is 5.28. The summed E-state index contributed by atoms with van der Waals surface area (Å²) in [6.07, 6.45) is 0. The SMILES string of the molecule is COc1ccc(-c2csc(NC(=O)c3ccc(-c4ccccc4)nc3C)n2)cc1OC. The van der Waals surface area contributed by atoms with E-state index in [1.54, 1.807) is 20.3 Å². The Morgan fingerprint density at radius 2 is 1.65 bits per heavy atom. The van der Waals surface area contributed by atoms with Gasteiger partial charge in [0.2, 0.25) is 0 Å². The molecule has 0 spiro atoms. The van der Waals surface area contributed by atoms with E-state index in [4.69, 9.17) is 9.47 Å². The molecule has 1 N–H and O–H groups in total. The van der Waals surface area contributed by atoms with E-state index in [1.165, 1.54) is 11.3 Å². The first-order valence-electron chi connectivity index (χ1n) is 9.61. The third-order valence-electron chi connectivity index (χ3n) is 4.80. The van der Waals surface area contributed by atoms with Crippen LogP contribution in [0, 0.1) is 6.92 Å². The Morgan fingerprint density at radius 1 is 0.871 bits per heavy atom. The second-order valence-corrected chi connectivity index (χ2v) is 7.62. The molecule has 31 heavy (non-hydrogen) atoms. The van der Waals surface area contributed by atoms with E-state index < -0.39 is 0 Å². The van der Waals surface area contributed by atoms with Gasteiger partial charge in [-0.3, -0.25) is 15.1 Å². The Balaban J connectivity index is 1.52. The van der Waals surface area contributed by atoms with Gasteiger partial charge in [0, 0.05) is 16.5 Å². The number of amides is 1. The molecule has 0 aliphatic rings. The lowest BCUT2D eigenvalue weighted by molar-refractivity contribution is 0.102. The largest absolute Gasteiger partial charge is 0.493 e. The average molecular weight is 432 g/mol. The number of nitrogens with zero attached hydrogens (tertiary/aromatic N) is 2. The quantitative estimate of drug-likeness (QED) is 0.439. The van der Waals surface area contributed by atoms with Crippen LogP contribution in [0.5, 0.6) is 11.5 Å². The van der Waals surface area contributed by atoms with Crippen LogP contribution in [0.15, 0.2) is 66.0 Å². The lowest BCUT2D eigenvalue weighted by atomic mass is 10.1. The number of hydrogen-bond donors (Lipinski definition) is 1. The highest BCUT2D eigenvalue weighted by atomic mass is 32.1. The van der Waals surface area contributed by atoms with Gasteiger partial charge in [-0.25, -0.2) is 4.98 Å². The van der Waals surface area contributed by atoms with Crippen molar-refractivity contribution in [2.75, 3.05) is 19.5 Å². The second kappa shape index (κ2) is 8.97. The van der Waals surface area contributed by atoms with Crippen LogP contribution >= 0.6 is 11.3 Å². The molecule has 2 aromatic carbocycles. The Morgan fingerprint density at radius 3 is 2.35 bits per heavy atom. The summed E-state index contributed by atoms with van der Waals surface area (Å²) in [5.41, 5.74) is 4.64. The molecular weight excluding hydrogens is 410 g/mol. The molecule has 1 amide bonds. The van der Waals surface area contributed by atoms with E-state index in [1.807, 2.05) is 66.9 Å². The number of carbonyl (C=O) groups is 1. The Kier molecular flexibility index (Phi) is 5.95. The van der Waals surface area contributed by atoms with Crippen LogP contribution < -0.4 is 14.8 Å². The summed E-state index contributed by atoms with van der Waals surface area (Å²) >= 11 is 1.36. The molecule has 2 aromatic heterocycles. The third-order valence-corrected chi connectivity index (χ3v) is 5.56. The number of carbonyl (C=O) groups excluding carboxylic acids is 1. The third kappa shape index (κ3) is 4.41. The van der Waals surface area contributed by atoms with Crippen molar-refractivity contribution in [1.29, 1.82) is 0 Å². The molecule has 0 bridgehead atoms. The second-order valence-electron chi connectivity index (χ2n) is 6.76. The van der Waals surface area contributed by atoms with Crippen LogP contribution in [0.1, 0.15) is 16.1 Å². The predicted molar refractivity (Wildman–Crippen MR) is 123 cm³/mol. The van der Waals surface area contributed by atoms with Crippen molar-refractivity contribution in [2.45, 2.75) is 6.92 Å². The zero-order valence-electron chi connectivity index (χ0n) is 17.4. The number of methoxy groups -OCH3 is 2. The van der Waals surface area contributed by atoms with Crippen molar-refractivity contribution >= 4 is 22.4 Å². The lowest BCUT2D eigenvalue weighted by Gasteiger charge is -2.08. The van der Waals surface area contributed by atoms with Crippen molar-refractivity contribution in [1.82, 2.24) is 9.97 Å². The molecule has 2 heterocycles. The van der Waals surface area contributed by atoms with E-state index in [0.717, 1.165) is 22.5 Å². The summed E-state index contributed by atoms with van der Waals surface area (Å²) in [4.78, 5) is 21.9. The summed E-state index contributed by atoms with van der Waals surface area (Å²) in [7, 11) is 3.19. The zero-order valence-corrected chi connectivity index (χ0v) is 18.2. The maximum Gasteiger partial charge on any atom is 0.259 e. The van der Waals surface area contributed by atoms with Gasteiger partial charge >= 0.3 is 0 Å². The molecule has 4 rings (SSSR count). The number of nitrogens with one attached hydrogen (secondary N) is 1.